The Balaban J connectivity index is 0.00000288. The second-order valence-corrected chi connectivity index (χ2v) is 7.97. The van der Waals surface area contributed by atoms with Crippen LogP contribution in [-0.4, -0.2) is 44.2 Å². The maximum atomic E-state index is 5.33. The molecule has 0 bridgehead atoms. The Bertz CT molecular complexity index is 531. The molecule has 0 amide bonds. The molecular weight excluding hydrogens is 433 g/mol. The van der Waals surface area contributed by atoms with Crippen LogP contribution in [0.15, 0.2) is 29.3 Å². The van der Waals surface area contributed by atoms with Gasteiger partial charge in [0.05, 0.1) is 7.11 Å². The normalized spacial score (nSPS) is 18.0. The lowest BCUT2D eigenvalue weighted by atomic mass is 9.84. The van der Waals surface area contributed by atoms with E-state index in [0.29, 0.717) is 0 Å². The Morgan fingerprint density at radius 1 is 1.38 bits per heavy atom. The summed E-state index contributed by atoms with van der Waals surface area (Å²) in [6.45, 7) is 6.27. The van der Waals surface area contributed by atoms with Gasteiger partial charge in [0.15, 0.2) is 5.96 Å². The molecule has 2 rings (SSSR count). The van der Waals surface area contributed by atoms with Crippen LogP contribution in [0.25, 0.3) is 0 Å². The molecule has 0 radical (unpaired) electrons. The molecule has 136 valence electrons. The molecule has 1 aliphatic rings. The van der Waals surface area contributed by atoms with Crippen molar-refractivity contribution >= 4 is 41.7 Å². The number of nitrogens with zero attached hydrogens (tertiary/aromatic N) is 1. The number of halogens is 1. The summed E-state index contributed by atoms with van der Waals surface area (Å²) in [5.41, 5.74) is 1.25. The van der Waals surface area contributed by atoms with Gasteiger partial charge < -0.3 is 15.4 Å². The fourth-order valence-corrected chi connectivity index (χ4v) is 3.89. The van der Waals surface area contributed by atoms with Crippen molar-refractivity contribution in [3.05, 3.63) is 29.8 Å². The molecule has 6 heteroatoms. The van der Waals surface area contributed by atoms with E-state index in [0.717, 1.165) is 30.0 Å². The summed E-state index contributed by atoms with van der Waals surface area (Å²) in [7, 11) is 3.53. The molecule has 1 fully saturated rings. The Hall–Kier alpha value is -0.630. The second-order valence-electron chi connectivity index (χ2n) is 6.56. The van der Waals surface area contributed by atoms with E-state index in [2.05, 4.69) is 53.4 Å². The van der Waals surface area contributed by atoms with Crippen molar-refractivity contribution in [1.82, 2.24) is 10.6 Å². The van der Waals surface area contributed by atoms with Crippen LogP contribution >= 0.6 is 35.7 Å². The van der Waals surface area contributed by atoms with E-state index in [1.165, 1.54) is 24.2 Å². The molecule has 2 N–H and O–H groups in total. The van der Waals surface area contributed by atoms with Gasteiger partial charge in [0, 0.05) is 30.8 Å². The van der Waals surface area contributed by atoms with Crippen molar-refractivity contribution in [3.63, 3.8) is 0 Å². The first-order valence-corrected chi connectivity index (χ1v) is 9.30. The zero-order valence-corrected chi connectivity index (χ0v) is 18.2. The van der Waals surface area contributed by atoms with E-state index in [1.807, 2.05) is 19.2 Å². The van der Waals surface area contributed by atoms with E-state index in [9.17, 15) is 0 Å². The van der Waals surface area contributed by atoms with Crippen molar-refractivity contribution in [2.24, 2.45) is 4.99 Å². The Morgan fingerprint density at radius 2 is 2.17 bits per heavy atom. The monoisotopic (exact) mass is 463 g/mol. The number of hydrogen-bond donors (Lipinski definition) is 2. The molecule has 1 saturated heterocycles. The molecule has 1 unspecified atom stereocenters. The molecule has 1 atom stereocenters. The molecule has 1 aromatic rings. The van der Waals surface area contributed by atoms with Gasteiger partial charge in [0.2, 0.25) is 0 Å². The third kappa shape index (κ3) is 6.35. The van der Waals surface area contributed by atoms with Crippen LogP contribution in [0.2, 0.25) is 0 Å². The van der Waals surface area contributed by atoms with Gasteiger partial charge in [-0.3, -0.25) is 4.99 Å². The van der Waals surface area contributed by atoms with Gasteiger partial charge in [-0.15, -0.1) is 24.0 Å². The number of guanidine groups is 1. The minimum absolute atomic E-state index is 0. The Kier molecular flexibility index (Phi) is 9.26. The van der Waals surface area contributed by atoms with Crippen molar-refractivity contribution in [1.29, 1.82) is 0 Å². The lowest BCUT2D eigenvalue weighted by Crippen LogP contribution is -2.45. The van der Waals surface area contributed by atoms with E-state index >= 15 is 0 Å². The number of rotatable bonds is 6. The molecule has 1 aliphatic heterocycles. The third-order valence-corrected chi connectivity index (χ3v) is 5.69. The van der Waals surface area contributed by atoms with E-state index in [1.54, 1.807) is 7.11 Å². The third-order valence-electron chi connectivity index (χ3n) is 4.29. The van der Waals surface area contributed by atoms with Crippen molar-refractivity contribution in [2.45, 2.75) is 37.4 Å². The van der Waals surface area contributed by atoms with Gasteiger partial charge in [-0.25, -0.2) is 0 Å². The molecule has 24 heavy (non-hydrogen) atoms. The van der Waals surface area contributed by atoms with Gasteiger partial charge in [-0.2, -0.15) is 11.8 Å². The highest BCUT2D eigenvalue weighted by molar-refractivity contribution is 14.0. The number of ether oxygens (including phenoxy) is 1. The predicted molar refractivity (Wildman–Crippen MR) is 116 cm³/mol. The average Bonchev–Trinajstić information content (AvgIpc) is 3.08. The number of aliphatic imine (C=N–C) groups is 1. The highest BCUT2D eigenvalue weighted by Crippen LogP contribution is 2.26. The summed E-state index contributed by atoms with van der Waals surface area (Å²) in [5, 5.41) is 7.63. The molecule has 0 saturated carbocycles. The lowest BCUT2D eigenvalue weighted by Gasteiger charge is -2.27. The Morgan fingerprint density at radius 3 is 2.79 bits per heavy atom. The first kappa shape index (κ1) is 21.4. The van der Waals surface area contributed by atoms with Gasteiger partial charge in [0.1, 0.15) is 5.75 Å². The van der Waals surface area contributed by atoms with Gasteiger partial charge in [-0.05, 0) is 36.3 Å². The van der Waals surface area contributed by atoms with Crippen LogP contribution in [0.1, 0.15) is 32.3 Å². The summed E-state index contributed by atoms with van der Waals surface area (Å²) in [6, 6.07) is 8.27. The van der Waals surface area contributed by atoms with Crippen LogP contribution in [0, 0.1) is 0 Å². The fraction of sp³-hybridized carbons (Fsp3) is 0.611. The number of benzene rings is 1. The van der Waals surface area contributed by atoms with E-state index in [-0.39, 0.29) is 29.4 Å². The number of nitrogens with one attached hydrogen (secondary N) is 2. The molecule has 4 nitrogen and oxygen atoms in total. The summed E-state index contributed by atoms with van der Waals surface area (Å²) in [4.78, 5) is 4.34. The summed E-state index contributed by atoms with van der Waals surface area (Å²) in [6.07, 6.45) is 2.65. The second kappa shape index (κ2) is 10.4. The molecule has 1 heterocycles. The molecule has 0 aliphatic carbocycles. The number of methoxy groups -OCH3 is 1. The fourth-order valence-electron chi connectivity index (χ4n) is 2.69. The van der Waals surface area contributed by atoms with E-state index in [4.69, 9.17) is 4.74 Å². The van der Waals surface area contributed by atoms with Crippen LogP contribution < -0.4 is 15.4 Å². The molecule has 0 aromatic heterocycles. The minimum Gasteiger partial charge on any atom is -0.497 e. The van der Waals surface area contributed by atoms with Crippen LogP contribution in [0.5, 0.6) is 5.75 Å². The van der Waals surface area contributed by atoms with Crippen molar-refractivity contribution in [2.75, 3.05) is 33.0 Å². The summed E-state index contributed by atoms with van der Waals surface area (Å²) >= 11 is 2.06. The largest absolute Gasteiger partial charge is 0.497 e. The highest BCUT2D eigenvalue weighted by atomic mass is 127. The minimum atomic E-state index is -0.00569. The maximum absolute atomic E-state index is 5.33. The quantitative estimate of drug-likeness (QED) is 0.384. The highest BCUT2D eigenvalue weighted by Gasteiger charge is 2.22. The lowest BCUT2D eigenvalue weighted by molar-refractivity contribution is 0.411. The summed E-state index contributed by atoms with van der Waals surface area (Å²) < 4.78 is 5.33. The van der Waals surface area contributed by atoms with Crippen molar-refractivity contribution in [3.8, 4) is 5.75 Å². The molecular formula is C18H30IN3OS. The number of hydrogen-bond acceptors (Lipinski definition) is 3. The smallest absolute Gasteiger partial charge is 0.191 e. The van der Waals surface area contributed by atoms with Crippen LogP contribution in [0.3, 0.4) is 0 Å². The van der Waals surface area contributed by atoms with Gasteiger partial charge in [0.25, 0.3) is 0 Å². The Labute approximate surface area is 167 Å². The van der Waals surface area contributed by atoms with Crippen molar-refractivity contribution < 1.29 is 4.74 Å². The first-order valence-electron chi connectivity index (χ1n) is 8.26. The standard InChI is InChI=1S/C18H29N3OS.HI/c1-18(2,14-7-5-8-15(11-14)22-4)13-21-17(19-3)20-12-16-9-6-10-23-16;/h5,7-8,11,16H,6,9-10,12-13H2,1-4H3,(H2,19,20,21);1H. The van der Waals surface area contributed by atoms with E-state index < -0.39 is 0 Å². The average molecular weight is 463 g/mol. The SMILES string of the molecule is CN=C(NCC1CCCS1)NCC(C)(C)c1cccc(OC)c1.I. The zero-order chi connectivity index (χ0) is 16.7. The zero-order valence-electron chi connectivity index (χ0n) is 15.1. The summed E-state index contributed by atoms with van der Waals surface area (Å²) in [5.74, 6) is 3.08. The van der Waals surface area contributed by atoms with Crippen LogP contribution in [0.4, 0.5) is 0 Å². The van der Waals surface area contributed by atoms with Gasteiger partial charge >= 0.3 is 0 Å². The first-order chi connectivity index (χ1) is 11.0. The molecule has 0 spiro atoms. The van der Waals surface area contributed by atoms with Crippen LogP contribution in [-0.2, 0) is 5.41 Å². The van der Waals surface area contributed by atoms with Gasteiger partial charge in [-0.1, -0.05) is 26.0 Å². The molecule has 1 aromatic carbocycles. The topological polar surface area (TPSA) is 45.7 Å². The maximum Gasteiger partial charge on any atom is 0.191 e. The predicted octanol–water partition coefficient (Wildman–Crippen LogP) is 3.65. The number of thioether (sulfide) groups is 1.